The largest absolute Gasteiger partial charge is 0.324 e. The molecule has 0 unspecified atom stereocenters. The molecule has 3 aromatic carbocycles. The summed E-state index contributed by atoms with van der Waals surface area (Å²) in [7, 11) is -4.10. The van der Waals surface area contributed by atoms with Gasteiger partial charge in [0.05, 0.1) is 10.6 Å². The lowest BCUT2D eigenvalue weighted by atomic mass is 10.2. The monoisotopic (exact) mass is 432 g/mol. The van der Waals surface area contributed by atoms with Gasteiger partial charge in [0.15, 0.2) is 0 Å². The minimum absolute atomic E-state index is 0.116. The Morgan fingerprint density at radius 1 is 1.03 bits per heavy atom. The maximum Gasteiger partial charge on any atom is 0.264 e. The summed E-state index contributed by atoms with van der Waals surface area (Å²) in [4.78, 5) is 12.6. The van der Waals surface area contributed by atoms with Gasteiger partial charge in [-0.15, -0.1) is 0 Å². The van der Waals surface area contributed by atoms with Gasteiger partial charge in [0.25, 0.3) is 10.0 Å². The van der Waals surface area contributed by atoms with Crippen molar-refractivity contribution in [3.05, 3.63) is 89.2 Å². The molecule has 0 bridgehead atoms. The maximum atomic E-state index is 13.2. The molecule has 0 spiro atoms. The van der Waals surface area contributed by atoms with E-state index >= 15 is 0 Å². The predicted molar refractivity (Wildman–Crippen MR) is 112 cm³/mol. The number of carbonyl (C=O) groups is 1. The van der Waals surface area contributed by atoms with Crippen LogP contribution in [0.1, 0.15) is 5.56 Å². The van der Waals surface area contributed by atoms with Crippen LogP contribution in [0.3, 0.4) is 0 Å². The number of para-hydroxylation sites is 1. The molecule has 5 nitrogen and oxygen atoms in total. The molecule has 150 valence electrons. The minimum atomic E-state index is -4.10. The molecular weight excluding hydrogens is 415 g/mol. The molecule has 3 rings (SSSR count). The van der Waals surface area contributed by atoms with Gasteiger partial charge in [-0.2, -0.15) is 0 Å². The Hall–Kier alpha value is -2.90. The van der Waals surface area contributed by atoms with E-state index in [2.05, 4.69) is 5.32 Å². The SMILES string of the molecule is Cc1ccc(Cl)cc1NC(=O)CN(c1ccccc1)S(=O)(=O)c1ccc(F)cc1. The molecule has 1 amide bonds. The molecule has 0 heterocycles. The average molecular weight is 433 g/mol. The maximum absolute atomic E-state index is 13.2. The molecule has 0 radical (unpaired) electrons. The first-order valence-corrected chi connectivity index (χ1v) is 10.5. The van der Waals surface area contributed by atoms with Gasteiger partial charge in [0, 0.05) is 10.7 Å². The number of sulfonamides is 1. The van der Waals surface area contributed by atoms with Crippen LogP contribution in [0.25, 0.3) is 0 Å². The van der Waals surface area contributed by atoms with Crippen molar-refractivity contribution < 1.29 is 17.6 Å². The Balaban J connectivity index is 1.93. The number of aryl methyl sites for hydroxylation is 1. The molecule has 0 aliphatic carbocycles. The fourth-order valence-corrected chi connectivity index (χ4v) is 4.29. The van der Waals surface area contributed by atoms with Gasteiger partial charge in [-0.25, -0.2) is 12.8 Å². The number of nitrogens with zero attached hydrogens (tertiary/aromatic N) is 1. The van der Waals surface area contributed by atoms with Gasteiger partial charge < -0.3 is 5.32 Å². The van der Waals surface area contributed by atoms with Crippen LogP contribution in [-0.2, 0) is 14.8 Å². The molecule has 29 heavy (non-hydrogen) atoms. The highest BCUT2D eigenvalue weighted by Crippen LogP contribution is 2.25. The van der Waals surface area contributed by atoms with Crippen molar-refractivity contribution in [2.45, 2.75) is 11.8 Å². The number of amides is 1. The third-order valence-corrected chi connectivity index (χ3v) is 6.23. The van der Waals surface area contributed by atoms with Crippen LogP contribution in [-0.4, -0.2) is 20.9 Å². The predicted octanol–water partition coefficient (Wildman–Crippen LogP) is 4.62. The van der Waals surface area contributed by atoms with Crippen LogP contribution < -0.4 is 9.62 Å². The van der Waals surface area contributed by atoms with Gasteiger partial charge in [0.2, 0.25) is 5.91 Å². The number of benzene rings is 3. The molecule has 0 atom stereocenters. The summed E-state index contributed by atoms with van der Waals surface area (Å²) in [5, 5.41) is 3.14. The Morgan fingerprint density at radius 3 is 2.34 bits per heavy atom. The molecule has 3 aromatic rings. The Labute approximate surface area is 173 Å². The number of hydrogen-bond acceptors (Lipinski definition) is 3. The van der Waals surface area contributed by atoms with E-state index in [0.29, 0.717) is 16.4 Å². The van der Waals surface area contributed by atoms with Gasteiger partial charge in [0.1, 0.15) is 12.4 Å². The van der Waals surface area contributed by atoms with Gasteiger partial charge in [-0.1, -0.05) is 35.9 Å². The first-order chi connectivity index (χ1) is 13.8. The van der Waals surface area contributed by atoms with Crippen LogP contribution in [0, 0.1) is 12.7 Å². The standard InChI is InChI=1S/C21H18ClFN2O3S/c1-15-7-8-16(22)13-20(15)24-21(26)14-25(18-5-3-2-4-6-18)29(27,28)19-11-9-17(23)10-12-19/h2-13H,14H2,1H3,(H,24,26). The van der Waals surface area contributed by atoms with Crippen molar-refractivity contribution in [3.63, 3.8) is 0 Å². The second-order valence-electron chi connectivity index (χ2n) is 6.31. The summed E-state index contributed by atoms with van der Waals surface area (Å²) in [6, 6.07) is 17.7. The smallest absolute Gasteiger partial charge is 0.264 e. The second-order valence-corrected chi connectivity index (χ2v) is 8.61. The van der Waals surface area contributed by atoms with Crippen LogP contribution >= 0.6 is 11.6 Å². The quantitative estimate of drug-likeness (QED) is 0.618. The number of anilines is 2. The highest BCUT2D eigenvalue weighted by Gasteiger charge is 2.27. The zero-order valence-corrected chi connectivity index (χ0v) is 17.0. The van der Waals surface area contributed by atoms with Gasteiger partial charge >= 0.3 is 0 Å². The zero-order valence-electron chi connectivity index (χ0n) is 15.5. The summed E-state index contributed by atoms with van der Waals surface area (Å²) in [6.45, 7) is 1.34. The van der Waals surface area contributed by atoms with E-state index < -0.39 is 28.3 Å². The lowest BCUT2D eigenvalue weighted by Crippen LogP contribution is -2.38. The number of nitrogens with one attached hydrogen (secondary N) is 1. The summed E-state index contributed by atoms with van der Waals surface area (Å²) in [5.74, 6) is -1.09. The van der Waals surface area contributed by atoms with Gasteiger partial charge in [-0.05, 0) is 61.0 Å². The van der Waals surface area contributed by atoms with Crippen molar-refractivity contribution in [1.29, 1.82) is 0 Å². The normalized spacial score (nSPS) is 11.1. The third-order valence-electron chi connectivity index (χ3n) is 4.21. The van der Waals surface area contributed by atoms with Crippen LogP contribution in [0.4, 0.5) is 15.8 Å². The van der Waals surface area contributed by atoms with Crippen molar-refractivity contribution in [1.82, 2.24) is 0 Å². The van der Waals surface area contributed by atoms with Gasteiger partial charge in [-0.3, -0.25) is 9.10 Å². The number of rotatable bonds is 6. The first-order valence-electron chi connectivity index (χ1n) is 8.67. The van der Waals surface area contributed by atoms with Crippen molar-refractivity contribution in [3.8, 4) is 0 Å². The third kappa shape index (κ3) is 4.93. The van der Waals surface area contributed by atoms with E-state index in [9.17, 15) is 17.6 Å². The lowest BCUT2D eigenvalue weighted by Gasteiger charge is -2.24. The van der Waals surface area contributed by atoms with Crippen LogP contribution in [0.15, 0.2) is 77.7 Å². The fraction of sp³-hybridized carbons (Fsp3) is 0.0952. The first kappa shape index (κ1) is 20.8. The molecule has 0 aliphatic heterocycles. The number of hydrogen-bond donors (Lipinski definition) is 1. The van der Waals surface area contributed by atoms with Crippen molar-refractivity contribution in [2.75, 3.05) is 16.2 Å². The Morgan fingerprint density at radius 2 is 1.69 bits per heavy atom. The number of carbonyl (C=O) groups excluding carboxylic acids is 1. The average Bonchev–Trinajstić information content (AvgIpc) is 2.70. The van der Waals surface area contributed by atoms with Crippen molar-refractivity contribution in [2.24, 2.45) is 0 Å². The summed E-state index contributed by atoms with van der Waals surface area (Å²) >= 11 is 5.98. The second kappa shape index (κ2) is 8.63. The molecule has 0 aliphatic rings. The van der Waals surface area contributed by atoms with E-state index in [-0.39, 0.29) is 4.90 Å². The van der Waals surface area contributed by atoms with E-state index in [0.717, 1.165) is 22.0 Å². The van der Waals surface area contributed by atoms with E-state index in [1.54, 1.807) is 55.5 Å². The highest BCUT2D eigenvalue weighted by atomic mass is 35.5. The summed E-state index contributed by atoms with van der Waals surface area (Å²) in [6.07, 6.45) is 0. The Kier molecular flexibility index (Phi) is 6.20. The molecule has 0 aromatic heterocycles. The fourth-order valence-electron chi connectivity index (χ4n) is 2.69. The molecule has 0 fully saturated rings. The van der Waals surface area contributed by atoms with E-state index in [1.165, 1.54) is 12.1 Å². The Bertz CT molecular complexity index is 1120. The van der Waals surface area contributed by atoms with E-state index in [4.69, 9.17) is 11.6 Å². The molecule has 1 N–H and O–H groups in total. The summed E-state index contributed by atoms with van der Waals surface area (Å²) in [5.41, 5.74) is 1.60. The molecule has 8 heteroatoms. The van der Waals surface area contributed by atoms with Crippen LogP contribution in [0.5, 0.6) is 0 Å². The number of halogens is 2. The molecule has 0 saturated heterocycles. The molecule has 0 saturated carbocycles. The zero-order chi connectivity index (χ0) is 21.0. The molecular formula is C21H18ClFN2O3S. The van der Waals surface area contributed by atoms with E-state index in [1.807, 2.05) is 0 Å². The highest BCUT2D eigenvalue weighted by molar-refractivity contribution is 7.92. The van der Waals surface area contributed by atoms with Crippen molar-refractivity contribution >= 4 is 38.9 Å². The van der Waals surface area contributed by atoms with Crippen LogP contribution in [0.2, 0.25) is 5.02 Å². The summed E-state index contributed by atoms with van der Waals surface area (Å²) < 4.78 is 40.5. The minimum Gasteiger partial charge on any atom is -0.324 e. The topological polar surface area (TPSA) is 66.5 Å². The lowest BCUT2D eigenvalue weighted by molar-refractivity contribution is -0.114.